The highest BCUT2D eigenvalue weighted by atomic mass is 19.1. The van der Waals surface area contributed by atoms with Crippen molar-refractivity contribution < 1.29 is 71.7 Å². The van der Waals surface area contributed by atoms with Crippen LogP contribution in [0.4, 0.5) is 4.39 Å². The van der Waals surface area contributed by atoms with Crippen LogP contribution in [-0.2, 0) is 93.8 Å². The Hall–Kier alpha value is -9.20. The van der Waals surface area contributed by atoms with Gasteiger partial charge in [0.2, 0.25) is 41.4 Å². The van der Waals surface area contributed by atoms with Crippen molar-refractivity contribution in [2.75, 3.05) is 32.7 Å². The molecule has 8 rings (SSSR count). The van der Waals surface area contributed by atoms with Crippen molar-refractivity contribution in [2.45, 2.75) is 141 Å². The molecule has 26 heteroatoms. The number of benzene rings is 2. The van der Waals surface area contributed by atoms with Crippen LogP contribution in [0.5, 0.6) is 0 Å². The average molecular weight is 1190 g/mol. The Bertz CT molecular complexity index is 3510. The summed E-state index contributed by atoms with van der Waals surface area (Å²) in [5.41, 5.74) is 0.788. The van der Waals surface area contributed by atoms with Crippen LogP contribution < -0.4 is 42.8 Å². The molecule has 4 atom stereocenters. The molecule has 0 fully saturated rings. The third-order valence-electron chi connectivity index (χ3n) is 15.2. The summed E-state index contributed by atoms with van der Waals surface area (Å²) in [6, 6.07) is 8.18. The number of hydrogen-bond donors (Lipinski definition) is 8. The number of fused-ring (bicyclic) bond motifs is 5. The maximum atomic E-state index is 15.4. The summed E-state index contributed by atoms with van der Waals surface area (Å²) in [6.07, 6.45) is 3.43. The molecule has 0 saturated carbocycles. The van der Waals surface area contributed by atoms with Gasteiger partial charge in [-0.25, -0.2) is 14.2 Å². The van der Waals surface area contributed by atoms with Crippen molar-refractivity contribution in [1.82, 2.24) is 51.7 Å². The monoisotopic (exact) mass is 1190 g/mol. The number of rotatable bonds is 25. The van der Waals surface area contributed by atoms with E-state index in [0.717, 1.165) is 4.90 Å². The first kappa shape index (κ1) is 62.8. The highest BCUT2D eigenvalue weighted by Crippen LogP contribution is 2.46. The average Bonchev–Trinajstić information content (AvgIpc) is 1.46. The van der Waals surface area contributed by atoms with Gasteiger partial charge in [-0.2, -0.15) is 0 Å². The third-order valence-corrected chi connectivity index (χ3v) is 15.2. The van der Waals surface area contributed by atoms with E-state index >= 15 is 4.39 Å². The lowest BCUT2D eigenvalue weighted by atomic mass is 9.81. The maximum Gasteiger partial charge on any atom is 0.343 e. The zero-order chi connectivity index (χ0) is 62.2. The molecule has 3 aliphatic heterocycles. The molecular weight excluding hydrogens is 1120 g/mol. The summed E-state index contributed by atoms with van der Waals surface area (Å²) in [6.45, 7) is 5.98. The fourth-order valence-electron chi connectivity index (χ4n) is 10.9. The molecule has 25 nitrogen and oxygen atoms in total. The van der Waals surface area contributed by atoms with Gasteiger partial charge in [-0.3, -0.25) is 57.6 Å². The number of cyclic esters (lactones) is 1. The SMILES string of the molecule is CC[C@@]1(O)C(=O)OCc2c1cc1n(c2=O)Cc2c-1nc1cc(F)c(C)c3c1c2[C@@H](NC(=O)CCNC(=O)CNC(=O)[C@H](Cc1ccccc1)NC(=O)CNC(=O)CNC(=O)C(CC(=O)OC(C)(C)C)NC(=O)CCCCCN1C(=O)C=CC1=O)CC3. The lowest BCUT2D eigenvalue weighted by Gasteiger charge is -2.31. The van der Waals surface area contributed by atoms with Gasteiger partial charge in [-0.15, -0.1) is 0 Å². The van der Waals surface area contributed by atoms with Crippen molar-refractivity contribution in [2.24, 2.45) is 0 Å². The lowest BCUT2D eigenvalue weighted by molar-refractivity contribution is -0.172. The van der Waals surface area contributed by atoms with Crippen LogP contribution in [0.2, 0.25) is 0 Å². The summed E-state index contributed by atoms with van der Waals surface area (Å²) in [5.74, 6) is -7.99. The first-order valence-electron chi connectivity index (χ1n) is 28.4. The van der Waals surface area contributed by atoms with Crippen LogP contribution >= 0.6 is 0 Å². The Labute approximate surface area is 492 Å². The van der Waals surface area contributed by atoms with Gasteiger partial charge < -0.3 is 56.4 Å². The highest BCUT2D eigenvalue weighted by Gasteiger charge is 2.46. The fraction of sp³-hybridized carbons (Fsp3) is 0.450. The van der Waals surface area contributed by atoms with Crippen LogP contribution in [0.1, 0.15) is 124 Å². The Morgan fingerprint density at radius 3 is 2.15 bits per heavy atom. The van der Waals surface area contributed by atoms with E-state index in [2.05, 4.69) is 37.2 Å². The molecule has 5 heterocycles. The molecule has 4 aliphatic rings. The van der Waals surface area contributed by atoms with Gasteiger partial charge in [-0.1, -0.05) is 43.7 Å². The van der Waals surface area contributed by atoms with Crippen molar-refractivity contribution in [3.63, 3.8) is 0 Å². The molecule has 9 amide bonds. The molecule has 0 spiro atoms. The number of imide groups is 1. The summed E-state index contributed by atoms with van der Waals surface area (Å²) in [4.78, 5) is 162. The Balaban J connectivity index is 0.820. The van der Waals surface area contributed by atoms with Gasteiger partial charge in [-0.05, 0) is 88.1 Å². The second-order valence-electron chi connectivity index (χ2n) is 22.5. The number of ether oxygens (including phenoxy) is 2. The number of halogens is 1. The molecule has 0 saturated heterocycles. The second-order valence-corrected chi connectivity index (χ2v) is 22.5. The summed E-state index contributed by atoms with van der Waals surface area (Å²) < 4.78 is 27.5. The normalized spacial score (nSPS) is 17.1. The second kappa shape index (κ2) is 26.8. The third kappa shape index (κ3) is 14.6. The van der Waals surface area contributed by atoms with Crippen molar-refractivity contribution in [1.29, 1.82) is 0 Å². The molecule has 1 unspecified atom stereocenters. The number of hydrogen-bond acceptors (Lipinski definition) is 16. The number of amides is 9. The number of pyridine rings is 2. The first-order valence-corrected chi connectivity index (χ1v) is 28.4. The molecular formula is C60H69FN10O15. The number of aliphatic hydroxyl groups is 1. The number of carbonyl (C=O) groups excluding carboxylic acids is 11. The summed E-state index contributed by atoms with van der Waals surface area (Å²) >= 11 is 0. The first-order chi connectivity index (χ1) is 40.8. The quantitative estimate of drug-likeness (QED) is 0.0229. The number of unbranched alkanes of at least 4 members (excludes halogenated alkanes) is 2. The molecule has 2 aromatic carbocycles. The van der Waals surface area contributed by atoms with Gasteiger partial charge >= 0.3 is 11.9 Å². The van der Waals surface area contributed by atoms with Gasteiger partial charge in [0.25, 0.3) is 17.4 Å². The molecule has 86 heavy (non-hydrogen) atoms. The smallest absolute Gasteiger partial charge is 0.343 e. The zero-order valence-corrected chi connectivity index (χ0v) is 48.3. The topological polar surface area (TPSA) is 349 Å². The standard InChI is InChI=1S/C60H69FN10O15/c1-6-60(84)37-24-43-54-35(30-71(43)57(82)36(37)31-85-58(60)83)53-39(17-16-34-32(2)38(61)25-40(69-54)52(34)53)66-45(73)20-21-62-46(74)27-64-55(80)41(23-33-13-9-7-10-14-33)68-48(76)29-63-47(75)28-65-56(81)42(26-51(79)86-59(3,4)5)67-44(72)15-11-8-12-22-70-49(77)18-19-50(70)78/h7,9-10,13-14,18-19,24-25,39,41-42,84H,6,8,11-12,15-17,20-23,26-31H2,1-5H3,(H,62,74)(H,63,75)(H,64,80)(H,65,81)(H,66,73)(H,67,72)(H,68,76)/t39-,41-,42?,60-/m0/s1. The number of esters is 2. The lowest BCUT2D eigenvalue weighted by Crippen LogP contribution is -2.53. The van der Waals surface area contributed by atoms with E-state index < -0.39 is 132 Å². The van der Waals surface area contributed by atoms with Crippen molar-refractivity contribution >= 4 is 76.0 Å². The van der Waals surface area contributed by atoms with Crippen molar-refractivity contribution in [3.8, 4) is 11.4 Å². The minimum atomic E-state index is -2.07. The largest absolute Gasteiger partial charge is 0.460 e. The fourth-order valence-corrected chi connectivity index (χ4v) is 10.9. The van der Waals surface area contributed by atoms with Crippen LogP contribution in [0.25, 0.3) is 22.3 Å². The van der Waals surface area contributed by atoms with Crippen LogP contribution in [0, 0.1) is 12.7 Å². The molecule has 2 aromatic heterocycles. The van der Waals surface area contributed by atoms with E-state index in [1.807, 2.05) is 0 Å². The van der Waals surface area contributed by atoms with Crippen molar-refractivity contribution in [3.05, 3.63) is 110 Å². The highest BCUT2D eigenvalue weighted by molar-refractivity contribution is 6.12. The van der Waals surface area contributed by atoms with Gasteiger partial charge in [0.15, 0.2) is 5.60 Å². The predicted octanol–water partition coefficient (Wildman–Crippen LogP) is 0.915. The zero-order valence-electron chi connectivity index (χ0n) is 48.3. The Morgan fingerprint density at radius 1 is 0.802 bits per heavy atom. The van der Waals surface area contributed by atoms with E-state index in [4.69, 9.17) is 14.5 Å². The molecule has 4 aromatic rings. The van der Waals surface area contributed by atoms with Crippen LogP contribution in [-0.4, -0.2) is 135 Å². The maximum absolute atomic E-state index is 15.4. The molecule has 456 valence electrons. The number of nitrogens with one attached hydrogen (secondary N) is 7. The summed E-state index contributed by atoms with van der Waals surface area (Å²) in [7, 11) is 0. The minimum Gasteiger partial charge on any atom is -0.460 e. The van der Waals surface area contributed by atoms with Gasteiger partial charge in [0.05, 0.1) is 61.1 Å². The minimum absolute atomic E-state index is 0.0243. The van der Waals surface area contributed by atoms with Gasteiger partial charge in [0, 0.05) is 67.1 Å². The van der Waals surface area contributed by atoms with Gasteiger partial charge in [0.1, 0.15) is 30.1 Å². The number of aromatic nitrogens is 2. The van der Waals surface area contributed by atoms with E-state index in [-0.39, 0.29) is 63.1 Å². The molecule has 0 bridgehead atoms. The van der Waals surface area contributed by atoms with Crippen LogP contribution in [0.15, 0.2) is 59.4 Å². The van der Waals surface area contributed by atoms with E-state index in [1.54, 1.807) is 71.0 Å². The summed E-state index contributed by atoms with van der Waals surface area (Å²) in [5, 5.41) is 29.9. The molecule has 8 N–H and O–H groups in total. The van der Waals surface area contributed by atoms with E-state index in [1.165, 1.54) is 22.8 Å². The number of carbonyl (C=O) groups is 11. The Morgan fingerprint density at radius 2 is 1.47 bits per heavy atom. The van der Waals surface area contributed by atoms with Crippen LogP contribution in [0.3, 0.4) is 0 Å². The molecule has 0 radical (unpaired) electrons. The Kier molecular flexibility index (Phi) is 19.6. The predicted molar refractivity (Wildman–Crippen MR) is 304 cm³/mol. The van der Waals surface area contributed by atoms with E-state index in [9.17, 15) is 62.6 Å². The molecule has 1 aliphatic carbocycles. The van der Waals surface area contributed by atoms with E-state index in [0.29, 0.717) is 82.2 Å². The number of aryl methyl sites for hydroxylation is 1. The number of nitrogens with zero attached hydrogens (tertiary/aromatic N) is 3.